The van der Waals surface area contributed by atoms with Gasteiger partial charge in [0.1, 0.15) is 5.82 Å². The van der Waals surface area contributed by atoms with Crippen LogP contribution in [0.25, 0.3) is 10.9 Å². The fourth-order valence-electron chi connectivity index (χ4n) is 2.14. The van der Waals surface area contributed by atoms with E-state index >= 15 is 0 Å². The van der Waals surface area contributed by atoms with E-state index in [2.05, 4.69) is 10.3 Å². The van der Waals surface area contributed by atoms with E-state index in [0.29, 0.717) is 6.54 Å². The summed E-state index contributed by atoms with van der Waals surface area (Å²) in [6, 6.07) is 18.4. The van der Waals surface area contributed by atoms with Gasteiger partial charge in [-0.05, 0) is 23.8 Å². The van der Waals surface area contributed by atoms with Crippen molar-refractivity contribution >= 4 is 22.4 Å². The van der Waals surface area contributed by atoms with Crippen molar-refractivity contribution in [2.75, 3.05) is 5.32 Å². The zero-order valence-corrected chi connectivity index (χ0v) is 11.2. The molecule has 0 saturated heterocycles. The summed E-state index contributed by atoms with van der Waals surface area (Å²) in [5, 5.41) is 15.0. The molecule has 0 spiro atoms. The molecule has 0 saturated carbocycles. The number of aromatic nitrogens is 1. The van der Waals surface area contributed by atoms with Gasteiger partial charge in [-0.2, -0.15) is 0 Å². The van der Waals surface area contributed by atoms with Gasteiger partial charge in [0.2, 0.25) is 0 Å². The molecule has 5 nitrogen and oxygen atoms in total. The molecule has 0 fully saturated rings. The minimum Gasteiger partial charge on any atom is -0.366 e. The second-order valence-corrected chi connectivity index (χ2v) is 4.67. The van der Waals surface area contributed by atoms with Crippen LogP contribution in [0.1, 0.15) is 5.56 Å². The Balaban J connectivity index is 1.77. The van der Waals surface area contributed by atoms with Crippen molar-refractivity contribution in [2.45, 2.75) is 6.54 Å². The van der Waals surface area contributed by atoms with E-state index in [1.807, 2.05) is 42.5 Å². The summed E-state index contributed by atoms with van der Waals surface area (Å²) in [6.45, 7) is 0.493. The molecule has 1 N–H and O–H groups in total. The van der Waals surface area contributed by atoms with Gasteiger partial charge in [-0.3, -0.25) is 10.1 Å². The number of hydrogen-bond acceptors (Lipinski definition) is 4. The Morgan fingerprint density at radius 1 is 1.05 bits per heavy atom. The van der Waals surface area contributed by atoms with E-state index in [1.54, 1.807) is 12.1 Å². The Kier molecular flexibility index (Phi) is 3.47. The lowest BCUT2D eigenvalue weighted by Crippen LogP contribution is -2.01. The second kappa shape index (κ2) is 5.58. The number of pyridine rings is 1. The lowest BCUT2D eigenvalue weighted by Gasteiger charge is -2.06. The highest BCUT2D eigenvalue weighted by molar-refractivity contribution is 5.80. The summed E-state index contributed by atoms with van der Waals surface area (Å²) in [6.07, 6.45) is 0. The van der Waals surface area contributed by atoms with E-state index in [-0.39, 0.29) is 5.69 Å². The number of benzene rings is 2. The van der Waals surface area contributed by atoms with Crippen LogP contribution in [0.15, 0.2) is 60.7 Å². The summed E-state index contributed by atoms with van der Waals surface area (Å²) in [5.41, 5.74) is 1.86. The molecule has 0 aliphatic rings. The SMILES string of the molecule is O=[N+]([O-])c1cccc(CNc2ccc3ccccc3n2)c1. The topological polar surface area (TPSA) is 68.1 Å². The van der Waals surface area contributed by atoms with Crippen LogP contribution < -0.4 is 5.32 Å². The molecule has 0 aliphatic carbocycles. The van der Waals surface area contributed by atoms with Gasteiger partial charge in [0.15, 0.2) is 0 Å². The summed E-state index contributed by atoms with van der Waals surface area (Å²) >= 11 is 0. The molecular weight excluding hydrogens is 266 g/mol. The van der Waals surface area contributed by atoms with E-state index in [1.165, 1.54) is 6.07 Å². The third kappa shape index (κ3) is 2.97. The average Bonchev–Trinajstić information content (AvgIpc) is 2.53. The number of hydrogen-bond donors (Lipinski definition) is 1. The number of nitrogens with zero attached hydrogens (tertiary/aromatic N) is 2. The number of non-ortho nitro benzene ring substituents is 1. The molecule has 0 unspecified atom stereocenters. The first-order chi connectivity index (χ1) is 10.2. The normalized spacial score (nSPS) is 10.5. The van der Waals surface area contributed by atoms with Crippen LogP contribution in [0.4, 0.5) is 11.5 Å². The van der Waals surface area contributed by atoms with Gasteiger partial charge in [-0.15, -0.1) is 0 Å². The Morgan fingerprint density at radius 3 is 2.76 bits per heavy atom. The highest BCUT2D eigenvalue weighted by atomic mass is 16.6. The third-order valence-corrected chi connectivity index (χ3v) is 3.19. The molecule has 21 heavy (non-hydrogen) atoms. The first-order valence-corrected chi connectivity index (χ1v) is 6.55. The molecule has 0 amide bonds. The lowest BCUT2D eigenvalue weighted by molar-refractivity contribution is -0.384. The molecule has 0 radical (unpaired) electrons. The first kappa shape index (κ1) is 13.1. The zero-order valence-electron chi connectivity index (χ0n) is 11.2. The number of anilines is 1. The van der Waals surface area contributed by atoms with Crippen molar-refractivity contribution in [1.29, 1.82) is 0 Å². The fraction of sp³-hybridized carbons (Fsp3) is 0.0625. The van der Waals surface area contributed by atoms with Gasteiger partial charge in [0.05, 0.1) is 10.4 Å². The molecule has 0 atom stereocenters. The number of nitrogens with one attached hydrogen (secondary N) is 1. The van der Waals surface area contributed by atoms with Crippen LogP contribution in [0.2, 0.25) is 0 Å². The van der Waals surface area contributed by atoms with Crippen molar-refractivity contribution in [1.82, 2.24) is 4.98 Å². The largest absolute Gasteiger partial charge is 0.366 e. The Morgan fingerprint density at radius 2 is 1.90 bits per heavy atom. The summed E-state index contributed by atoms with van der Waals surface area (Å²) in [5.74, 6) is 0.750. The van der Waals surface area contributed by atoms with Gasteiger partial charge in [0.25, 0.3) is 5.69 Å². The maximum atomic E-state index is 10.7. The van der Waals surface area contributed by atoms with Gasteiger partial charge in [-0.1, -0.05) is 30.3 Å². The van der Waals surface area contributed by atoms with Crippen molar-refractivity contribution in [2.24, 2.45) is 0 Å². The number of nitro benzene ring substituents is 1. The van der Waals surface area contributed by atoms with Crippen LogP contribution >= 0.6 is 0 Å². The molecule has 0 bridgehead atoms. The van der Waals surface area contributed by atoms with Gasteiger partial charge in [0, 0.05) is 24.1 Å². The van der Waals surface area contributed by atoms with Crippen LogP contribution in [-0.2, 0) is 6.54 Å². The number of para-hydroxylation sites is 1. The smallest absolute Gasteiger partial charge is 0.269 e. The third-order valence-electron chi connectivity index (χ3n) is 3.19. The second-order valence-electron chi connectivity index (χ2n) is 4.67. The van der Waals surface area contributed by atoms with E-state index in [9.17, 15) is 10.1 Å². The van der Waals surface area contributed by atoms with Crippen LogP contribution in [-0.4, -0.2) is 9.91 Å². The summed E-state index contributed by atoms with van der Waals surface area (Å²) in [4.78, 5) is 14.9. The highest BCUT2D eigenvalue weighted by Crippen LogP contribution is 2.17. The molecule has 3 rings (SSSR count). The Hall–Kier alpha value is -2.95. The number of rotatable bonds is 4. The standard InChI is InChI=1S/C16H13N3O2/c20-19(21)14-6-3-4-12(10-14)11-17-16-9-8-13-5-1-2-7-15(13)18-16/h1-10H,11H2,(H,17,18). The Labute approximate surface area is 121 Å². The van der Waals surface area contributed by atoms with Crippen LogP contribution in [0, 0.1) is 10.1 Å². The molecule has 2 aromatic carbocycles. The minimum absolute atomic E-state index is 0.0979. The number of fused-ring (bicyclic) bond motifs is 1. The number of nitro groups is 1. The van der Waals surface area contributed by atoms with Crippen molar-refractivity contribution in [3.05, 3.63) is 76.3 Å². The zero-order chi connectivity index (χ0) is 14.7. The van der Waals surface area contributed by atoms with Crippen LogP contribution in [0.3, 0.4) is 0 Å². The maximum absolute atomic E-state index is 10.7. The van der Waals surface area contributed by atoms with Crippen LogP contribution in [0.5, 0.6) is 0 Å². The fourth-order valence-corrected chi connectivity index (χ4v) is 2.14. The molecule has 1 heterocycles. The quantitative estimate of drug-likeness (QED) is 0.583. The monoisotopic (exact) mass is 279 g/mol. The lowest BCUT2D eigenvalue weighted by atomic mass is 10.2. The molecule has 5 heteroatoms. The first-order valence-electron chi connectivity index (χ1n) is 6.55. The molecule has 104 valence electrons. The predicted molar refractivity (Wildman–Crippen MR) is 82.2 cm³/mol. The molecular formula is C16H13N3O2. The van der Waals surface area contributed by atoms with Crippen molar-refractivity contribution in [3.63, 3.8) is 0 Å². The van der Waals surface area contributed by atoms with E-state index < -0.39 is 4.92 Å². The minimum atomic E-state index is -0.391. The Bertz CT molecular complexity index is 802. The molecule has 0 aliphatic heterocycles. The average molecular weight is 279 g/mol. The maximum Gasteiger partial charge on any atom is 0.269 e. The van der Waals surface area contributed by atoms with Crippen molar-refractivity contribution < 1.29 is 4.92 Å². The van der Waals surface area contributed by atoms with Gasteiger partial charge >= 0.3 is 0 Å². The summed E-state index contributed by atoms with van der Waals surface area (Å²) < 4.78 is 0. The van der Waals surface area contributed by atoms with E-state index in [4.69, 9.17) is 0 Å². The molecule has 1 aromatic heterocycles. The predicted octanol–water partition coefficient (Wildman–Crippen LogP) is 3.76. The summed E-state index contributed by atoms with van der Waals surface area (Å²) in [7, 11) is 0. The van der Waals surface area contributed by atoms with Gasteiger partial charge in [-0.25, -0.2) is 4.98 Å². The van der Waals surface area contributed by atoms with Gasteiger partial charge < -0.3 is 5.32 Å². The van der Waals surface area contributed by atoms with Crippen molar-refractivity contribution in [3.8, 4) is 0 Å². The highest BCUT2D eigenvalue weighted by Gasteiger charge is 2.05. The van der Waals surface area contributed by atoms with E-state index in [0.717, 1.165) is 22.3 Å². The molecule has 3 aromatic rings.